The van der Waals surface area contributed by atoms with Crippen molar-refractivity contribution in [2.45, 2.75) is 6.42 Å². The van der Waals surface area contributed by atoms with Gasteiger partial charge in [-0.3, -0.25) is 4.98 Å². The Balaban J connectivity index is 2.72. The average molecular weight is 136 g/mol. The van der Waals surface area contributed by atoms with E-state index in [-0.39, 0.29) is 0 Å². The van der Waals surface area contributed by atoms with Gasteiger partial charge in [-0.25, -0.2) is 0 Å². The smallest absolute Gasteiger partial charge is 0.0347 e. The van der Waals surface area contributed by atoms with Crippen molar-refractivity contribution >= 4 is 17.6 Å². The van der Waals surface area contributed by atoms with E-state index in [9.17, 15) is 0 Å². The summed E-state index contributed by atoms with van der Waals surface area (Å²) in [6.45, 7) is 0. The summed E-state index contributed by atoms with van der Waals surface area (Å²) in [5.74, 6) is 0. The molecule has 9 heavy (non-hydrogen) atoms. The average Bonchev–Trinajstić information content (AvgIpc) is 1.91. The van der Waals surface area contributed by atoms with Crippen LogP contribution in [0.2, 0.25) is 0 Å². The van der Waals surface area contributed by atoms with Crippen molar-refractivity contribution in [3.05, 3.63) is 30.1 Å². The van der Waals surface area contributed by atoms with Crippen molar-refractivity contribution in [3.63, 3.8) is 0 Å². The molecule has 0 aliphatic carbocycles. The zero-order valence-electron chi connectivity index (χ0n) is 4.87. The predicted octanol–water partition coefficient (Wildman–Crippen LogP) is 1.42. The second-order valence-corrected chi connectivity index (χ2v) is 2.00. The normalized spacial score (nSPS) is 8.89. The Bertz CT molecular complexity index is 183. The molecule has 0 saturated carbocycles. The van der Waals surface area contributed by atoms with Gasteiger partial charge in [-0.15, -0.1) is 0 Å². The van der Waals surface area contributed by atoms with E-state index >= 15 is 0 Å². The Morgan fingerprint density at radius 2 is 2.67 bits per heavy atom. The molecule has 0 amide bonds. The van der Waals surface area contributed by atoms with Gasteiger partial charge in [0.15, 0.2) is 0 Å². The fourth-order valence-corrected chi connectivity index (χ4v) is 0.758. The standard InChI is InChI=1S/C7H6NS/c9-5-3-7-2-1-4-8-6-7/h2,4-6H,3H2. The minimum absolute atomic E-state index is 0.805. The topological polar surface area (TPSA) is 12.9 Å². The van der Waals surface area contributed by atoms with Gasteiger partial charge in [0.1, 0.15) is 0 Å². The summed E-state index contributed by atoms with van der Waals surface area (Å²) < 4.78 is 0. The molecule has 45 valence electrons. The fraction of sp³-hybridized carbons (Fsp3) is 0.143. The highest BCUT2D eigenvalue weighted by Crippen LogP contribution is 1.93. The first-order chi connectivity index (χ1) is 4.43. The molecule has 0 saturated heterocycles. The van der Waals surface area contributed by atoms with Crippen LogP contribution in [0.15, 0.2) is 18.5 Å². The van der Waals surface area contributed by atoms with Crippen LogP contribution in [0.3, 0.4) is 0 Å². The highest BCUT2D eigenvalue weighted by molar-refractivity contribution is 7.78. The third-order valence-corrected chi connectivity index (χ3v) is 1.14. The van der Waals surface area contributed by atoms with Gasteiger partial charge >= 0.3 is 0 Å². The van der Waals surface area contributed by atoms with Gasteiger partial charge in [0.25, 0.3) is 0 Å². The first-order valence-electron chi connectivity index (χ1n) is 2.67. The molecule has 0 fully saturated rings. The van der Waals surface area contributed by atoms with Crippen molar-refractivity contribution in [1.29, 1.82) is 0 Å². The largest absolute Gasteiger partial charge is 0.264 e. The molecule has 0 aliphatic rings. The lowest BCUT2D eigenvalue weighted by Gasteiger charge is -1.89. The molecule has 2 heteroatoms. The van der Waals surface area contributed by atoms with E-state index in [4.69, 9.17) is 0 Å². The molecule has 1 rings (SSSR count). The first-order valence-corrected chi connectivity index (χ1v) is 3.14. The van der Waals surface area contributed by atoms with E-state index in [1.54, 1.807) is 17.8 Å². The molecule has 1 nitrogen and oxygen atoms in total. The third kappa shape index (κ3) is 1.90. The number of rotatable bonds is 2. The highest BCUT2D eigenvalue weighted by atomic mass is 32.1. The fourth-order valence-electron chi connectivity index (χ4n) is 0.565. The molecule has 0 unspecified atom stereocenters. The monoisotopic (exact) mass is 136 g/mol. The zero-order valence-corrected chi connectivity index (χ0v) is 5.69. The lowest BCUT2D eigenvalue weighted by Crippen LogP contribution is -1.83. The molecule has 1 heterocycles. The van der Waals surface area contributed by atoms with Crippen LogP contribution in [0.1, 0.15) is 5.56 Å². The molecule has 1 aromatic heterocycles. The molecule has 0 N–H and O–H groups in total. The van der Waals surface area contributed by atoms with E-state index in [0.29, 0.717) is 0 Å². The van der Waals surface area contributed by atoms with E-state index in [0.717, 1.165) is 12.0 Å². The van der Waals surface area contributed by atoms with Crippen molar-refractivity contribution in [2.75, 3.05) is 0 Å². The van der Waals surface area contributed by atoms with Crippen molar-refractivity contribution in [1.82, 2.24) is 4.98 Å². The minimum Gasteiger partial charge on any atom is -0.264 e. The Hall–Kier alpha value is -0.760. The number of nitrogens with zero attached hydrogens (tertiary/aromatic N) is 1. The molecule has 1 radical (unpaired) electrons. The minimum atomic E-state index is 0.805. The van der Waals surface area contributed by atoms with Crippen molar-refractivity contribution in [2.24, 2.45) is 0 Å². The summed E-state index contributed by atoms with van der Waals surface area (Å²) in [5, 5.41) is 1.69. The highest BCUT2D eigenvalue weighted by Gasteiger charge is 1.84. The second kappa shape index (κ2) is 3.30. The lowest BCUT2D eigenvalue weighted by molar-refractivity contribution is 1.23. The third-order valence-electron chi connectivity index (χ3n) is 0.977. The van der Waals surface area contributed by atoms with Crippen LogP contribution in [0.5, 0.6) is 0 Å². The van der Waals surface area contributed by atoms with E-state index in [2.05, 4.69) is 23.3 Å². The van der Waals surface area contributed by atoms with Gasteiger partial charge in [-0.05, 0) is 17.0 Å². The van der Waals surface area contributed by atoms with Gasteiger partial charge in [0.2, 0.25) is 0 Å². The zero-order chi connectivity index (χ0) is 6.53. The maximum Gasteiger partial charge on any atom is 0.0347 e. The lowest BCUT2D eigenvalue weighted by atomic mass is 10.2. The molecule has 1 aromatic rings. The molecule has 0 aromatic carbocycles. The maximum atomic E-state index is 4.67. The Labute approximate surface area is 59.7 Å². The number of hydrogen-bond donors (Lipinski definition) is 0. The Kier molecular flexibility index (Phi) is 2.33. The van der Waals surface area contributed by atoms with Crippen molar-refractivity contribution < 1.29 is 0 Å². The maximum absolute atomic E-state index is 4.67. The van der Waals surface area contributed by atoms with Crippen LogP contribution in [-0.2, 0) is 6.42 Å². The summed E-state index contributed by atoms with van der Waals surface area (Å²) in [6, 6.07) is 4.75. The molecule has 0 atom stereocenters. The van der Waals surface area contributed by atoms with Crippen LogP contribution in [0, 0.1) is 6.07 Å². The van der Waals surface area contributed by atoms with Crippen LogP contribution < -0.4 is 0 Å². The van der Waals surface area contributed by atoms with E-state index in [1.165, 1.54) is 0 Å². The molecule has 0 bridgehead atoms. The number of thiocarbonyl (C=S) groups is 1. The Morgan fingerprint density at radius 1 is 1.78 bits per heavy atom. The van der Waals surface area contributed by atoms with Crippen LogP contribution in [0.25, 0.3) is 0 Å². The molecular formula is C7H6NS. The number of hydrogen-bond acceptors (Lipinski definition) is 2. The predicted molar refractivity (Wildman–Crippen MR) is 40.4 cm³/mol. The number of aromatic nitrogens is 1. The molecular weight excluding hydrogens is 130 g/mol. The molecule has 0 spiro atoms. The Morgan fingerprint density at radius 3 is 3.22 bits per heavy atom. The first kappa shape index (κ1) is 6.36. The molecule has 0 aliphatic heterocycles. The van der Waals surface area contributed by atoms with Gasteiger partial charge in [-0.1, -0.05) is 12.2 Å². The van der Waals surface area contributed by atoms with E-state index in [1.807, 2.05) is 6.07 Å². The SMILES string of the molecule is S=CCc1c[c]cnc1. The van der Waals surface area contributed by atoms with Crippen LogP contribution in [0.4, 0.5) is 0 Å². The van der Waals surface area contributed by atoms with Gasteiger partial charge in [0.05, 0.1) is 0 Å². The summed E-state index contributed by atoms with van der Waals surface area (Å²) in [7, 11) is 0. The van der Waals surface area contributed by atoms with Crippen LogP contribution in [-0.4, -0.2) is 10.4 Å². The van der Waals surface area contributed by atoms with Gasteiger partial charge in [-0.2, -0.15) is 0 Å². The quantitative estimate of drug-likeness (QED) is 0.570. The van der Waals surface area contributed by atoms with Crippen LogP contribution >= 0.6 is 12.2 Å². The number of pyridine rings is 1. The van der Waals surface area contributed by atoms with Gasteiger partial charge < -0.3 is 0 Å². The summed E-state index contributed by atoms with van der Waals surface area (Å²) in [5.41, 5.74) is 1.12. The summed E-state index contributed by atoms with van der Waals surface area (Å²) in [4.78, 5) is 3.88. The summed E-state index contributed by atoms with van der Waals surface area (Å²) >= 11 is 4.67. The van der Waals surface area contributed by atoms with E-state index < -0.39 is 0 Å². The summed E-state index contributed by atoms with van der Waals surface area (Å²) in [6.07, 6.45) is 4.23. The van der Waals surface area contributed by atoms with Crippen molar-refractivity contribution in [3.8, 4) is 0 Å². The second-order valence-electron chi connectivity index (χ2n) is 1.66. The van der Waals surface area contributed by atoms with Gasteiger partial charge in [0, 0.05) is 24.9 Å².